The standard InChI is InChI=1S/C16H16FNOS/c1-10-4-7-15(11(2)8-10)18(3)16(19)13-9-12(20)5-6-14(13)17/h4-9,20H,1-3H3. The number of benzene rings is 2. The molecule has 0 radical (unpaired) electrons. The predicted octanol–water partition coefficient (Wildman–Crippen LogP) is 4.01. The van der Waals surface area contributed by atoms with Crippen LogP contribution >= 0.6 is 12.6 Å². The summed E-state index contributed by atoms with van der Waals surface area (Å²) in [6, 6.07) is 10.0. The highest BCUT2D eigenvalue weighted by molar-refractivity contribution is 7.80. The van der Waals surface area contributed by atoms with Gasteiger partial charge in [0, 0.05) is 17.6 Å². The summed E-state index contributed by atoms with van der Waals surface area (Å²) in [6.45, 7) is 3.92. The molecular weight excluding hydrogens is 273 g/mol. The number of nitrogens with zero attached hydrogens (tertiary/aromatic N) is 1. The second-order valence-corrected chi connectivity index (χ2v) is 5.33. The molecule has 20 heavy (non-hydrogen) atoms. The van der Waals surface area contributed by atoms with Crippen LogP contribution in [0, 0.1) is 19.7 Å². The number of halogens is 1. The van der Waals surface area contributed by atoms with Crippen molar-refractivity contribution in [3.63, 3.8) is 0 Å². The van der Waals surface area contributed by atoms with Gasteiger partial charge in [-0.15, -0.1) is 12.6 Å². The van der Waals surface area contributed by atoms with Gasteiger partial charge in [-0.2, -0.15) is 0 Å². The minimum atomic E-state index is -0.538. The van der Waals surface area contributed by atoms with E-state index in [0.29, 0.717) is 4.90 Å². The average molecular weight is 289 g/mol. The number of hydrogen-bond donors (Lipinski definition) is 1. The Morgan fingerprint density at radius 1 is 1.15 bits per heavy atom. The maximum atomic E-state index is 13.8. The van der Waals surface area contributed by atoms with E-state index in [1.807, 2.05) is 32.0 Å². The fourth-order valence-electron chi connectivity index (χ4n) is 2.15. The van der Waals surface area contributed by atoms with Crippen molar-refractivity contribution >= 4 is 24.2 Å². The number of carbonyl (C=O) groups excluding carboxylic acids is 1. The van der Waals surface area contributed by atoms with Crippen molar-refractivity contribution in [3.8, 4) is 0 Å². The highest BCUT2D eigenvalue weighted by Gasteiger charge is 2.18. The molecule has 4 heteroatoms. The van der Waals surface area contributed by atoms with Gasteiger partial charge in [-0.05, 0) is 43.7 Å². The Morgan fingerprint density at radius 3 is 2.50 bits per heavy atom. The SMILES string of the molecule is Cc1ccc(N(C)C(=O)c2cc(S)ccc2F)c(C)c1. The lowest BCUT2D eigenvalue weighted by Crippen LogP contribution is -2.27. The topological polar surface area (TPSA) is 20.3 Å². The van der Waals surface area contributed by atoms with Crippen molar-refractivity contribution < 1.29 is 9.18 Å². The molecule has 0 spiro atoms. The van der Waals surface area contributed by atoms with E-state index in [-0.39, 0.29) is 11.5 Å². The lowest BCUT2D eigenvalue weighted by atomic mass is 10.1. The van der Waals surface area contributed by atoms with Gasteiger partial charge in [-0.1, -0.05) is 17.7 Å². The van der Waals surface area contributed by atoms with Gasteiger partial charge in [0.05, 0.1) is 5.56 Å². The average Bonchev–Trinajstić information content (AvgIpc) is 2.40. The molecule has 2 nitrogen and oxygen atoms in total. The maximum Gasteiger partial charge on any atom is 0.261 e. The van der Waals surface area contributed by atoms with Crippen molar-refractivity contribution in [1.29, 1.82) is 0 Å². The molecule has 0 unspecified atom stereocenters. The largest absolute Gasteiger partial charge is 0.311 e. The molecule has 0 aromatic heterocycles. The van der Waals surface area contributed by atoms with Crippen molar-refractivity contribution in [3.05, 3.63) is 58.9 Å². The number of anilines is 1. The van der Waals surface area contributed by atoms with Crippen LogP contribution < -0.4 is 4.90 Å². The first-order valence-electron chi connectivity index (χ1n) is 6.24. The molecule has 0 saturated heterocycles. The van der Waals surface area contributed by atoms with E-state index in [1.54, 1.807) is 7.05 Å². The first-order valence-corrected chi connectivity index (χ1v) is 6.68. The van der Waals surface area contributed by atoms with Crippen LogP contribution in [0.1, 0.15) is 21.5 Å². The first-order chi connectivity index (χ1) is 9.40. The molecule has 0 saturated carbocycles. The minimum Gasteiger partial charge on any atom is -0.311 e. The molecule has 0 aliphatic rings. The number of thiol groups is 1. The van der Waals surface area contributed by atoms with Gasteiger partial charge >= 0.3 is 0 Å². The molecule has 2 rings (SSSR count). The van der Waals surface area contributed by atoms with E-state index in [4.69, 9.17) is 0 Å². The number of aryl methyl sites for hydroxylation is 2. The fourth-order valence-corrected chi connectivity index (χ4v) is 2.35. The second kappa shape index (κ2) is 5.67. The van der Waals surface area contributed by atoms with Crippen LogP contribution in [0.4, 0.5) is 10.1 Å². The van der Waals surface area contributed by atoms with Crippen LogP contribution in [0.2, 0.25) is 0 Å². The molecule has 1 amide bonds. The third-order valence-corrected chi connectivity index (χ3v) is 3.48. The molecule has 0 aliphatic carbocycles. The molecule has 0 aliphatic heterocycles. The Hall–Kier alpha value is -1.81. The van der Waals surface area contributed by atoms with E-state index >= 15 is 0 Å². The Morgan fingerprint density at radius 2 is 1.85 bits per heavy atom. The summed E-state index contributed by atoms with van der Waals surface area (Å²) in [5, 5.41) is 0. The summed E-state index contributed by atoms with van der Waals surface area (Å²) < 4.78 is 13.8. The van der Waals surface area contributed by atoms with Crippen molar-refractivity contribution in [2.45, 2.75) is 18.7 Å². The highest BCUT2D eigenvalue weighted by Crippen LogP contribution is 2.23. The van der Waals surface area contributed by atoms with Gasteiger partial charge in [0.1, 0.15) is 5.82 Å². The molecule has 0 N–H and O–H groups in total. The minimum absolute atomic E-state index is 0.0278. The van der Waals surface area contributed by atoms with E-state index < -0.39 is 5.82 Å². The molecule has 2 aromatic rings. The maximum absolute atomic E-state index is 13.8. The van der Waals surface area contributed by atoms with Crippen molar-refractivity contribution in [2.24, 2.45) is 0 Å². The second-order valence-electron chi connectivity index (χ2n) is 4.82. The van der Waals surface area contributed by atoms with Gasteiger partial charge in [-0.3, -0.25) is 4.79 Å². The van der Waals surface area contributed by atoms with Gasteiger partial charge in [0.15, 0.2) is 0 Å². The molecular formula is C16H16FNOS. The number of rotatable bonds is 2. The first kappa shape index (κ1) is 14.6. The van der Waals surface area contributed by atoms with Gasteiger partial charge in [-0.25, -0.2) is 4.39 Å². The lowest BCUT2D eigenvalue weighted by molar-refractivity contribution is 0.0988. The number of amides is 1. The Kier molecular flexibility index (Phi) is 4.14. The zero-order chi connectivity index (χ0) is 14.9. The quantitative estimate of drug-likeness (QED) is 0.828. The van der Waals surface area contributed by atoms with E-state index in [9.17, 15) is 9.18 Å². The summed E-state index contributed by atoms with van der Waals surface area (Å²) in [4.78, 5) is 14.4. The summed E-state index contributed by atoms with van der Waals surface area (Å²) in [5.41, 5.74) is 2.89. The van der Waals surface area contributed by atoms with E-state index in [1.165, 1.54) is 23.1 Å². The smallest absolute Gasteiger partial charge is 0.261 e. The molecule has 0 heterocycles. The summed E-state index contributed by atoms with van der Waals surface area (Å²) in [6.07, 6.45) is 0. The van der Waals surface area contributed by atoms with Crippen LogP contribution in [0.3, 0.4) is 0 Å². The molecule has 104 valence electrons. The zero-order valence-electron chi connectivity index (χ0n) is 11.6. The Bertz CT molecular complexity index is 670. The summed E-state index contributed by atoms with van der Waals surface area (Å²) in [7, 11) is 1.64. The normalized spacial score (nSPS) is 10.4. The third-order valence-electron chi connectivity index (χ3n) is 3.20. The number of hydrogen-bond acceptors (Lipinski definition) is 2. The van der Waals surface area contributed by atoms with Crippen LogP contribution in [0.25, 0.3) is 0 Å². The Balaban J connectivity index is 2.40. The van der Waals surface area contributed by atoms with E-state index in [0.717, 1.165) is 16.8 Å². The van der Waals surface area contributed by atoms with Crippen LogP contribution in [0.5, 0.6) is 0 Å². The molecule has 2 aromatic carbocycles. The Labute approximate surface area is 123 Å². The predicted molar refractivity (Wildman–Crippen MR) is 82.3 cm³/mol. The van der Waals surface area contributed by atoms with Gasteiger partial charge in [0.25, 0.3) is 5.91 Å². The fraction of sp³-hybridized carbons (Fsp3) is 0.188. The highest BCUT2D eigenvalue weighted by atomic mass is 32.1. The lowest BCUT2D eigenvalue weighted by Gasteiger charge is -2.20. The summed E-state index contributed by atoms with van der Waals surface area (Å²) >= 11 is 4.15. The number of carbonyl (C=O) groups is 1. The van der Waals surface area contributed by atoms with E-state index in [2.05, 4.69) is 12.6 Å². The van der Waals surface area contributed by atoms with Gasteiger partial charge in [0.2, 0.25) is 0 Å². The third kappa shape index (κ3) is 2.85. The monoisotopic (exact) mass is 289 g/mol. The summed E-state index contributed by atoms with van der Waals surface area (Å²) in [5.74, 6) is -0.922. The van der Waals surface area contributed by atoms with Crippen LogP contribution in [0.15, 0.2) is 41.3 Å². The van der Waals surface area contributed by atoms with Gasteiger partial charge < -0.3 is 4.90 Å². The van der Waals surface area contributed by atoms with Crippen molar-refractivity contribution in [1.82, 2.24) is 0 Å². The molecule has 0 bridgehead atoms. The van der Waals surface area contributed by atoms with Crippen LogP contribution in [-0.2, 0) is 0 Å². The zero-order valence-corrected chi connectivity index (χ0v) is 12.5. The molecule has 0 fully saturated rings. The molecule has 0 atom stereocenters. The van der Waals surface area contributed by atoms with Crippen molar-refractivity contribution in [2.75, 3.05) is 11.9 Å². The van der Waals surface area contributed by atoms with Crippen LogP contribution in [-0.4, -0.2) is 13.0 Å².